The molecule has 1 aromatic heterocycles. The van der Waals surface area contributed by atoms with Gasteiger partial charge in [-0.3, -0.25) is 4.98 Å². The van der Waals surface area contributed by atoms with E-state index in [1.54, 1.807) is 18.5 Å². The van der Waals surface area contributed by atoms with E-state index in [9.17, 15) is 0 Å². The molecule has 1 heterocycles. The molecule has 0 saturated heterocycles. The van der Waals surface area contributed by atoms with Gasteiger partial charge in [-0.25, -0.2) is 0 Å². The summed E-state index contributed by atoms with van der Waals surface area (Å²) in [5.41, 5.74) is 3.46. The molecular formula is C13H11N3. The Labute approximate surface area is 94.4 Å². The van der Waals surface area contributed by atoms with Gasteiger partial charge >= 0.3 is 0 Å². The van der Waals surface area contributed by atoms with E-state index in [1.165, 1.54) is 0 Å². The molecule has 0 fully saturated rings. The van der Waals surface area contributed by atoms with Crippen LogP contribution in [0.2, 0.25) is 0 Å². The number of hydrogen-bond donors (Lipinski definition) is 1. The lowest BCUT2D eigenvalue weighted by molar-refractivity contribution is 1.30. The highest BCUT2D eigenvalue weighted by Gasteiger charge is 2.02. The SMILES string of the molecule is Cc1ccccc1Nc1cnccc1C#N. The van der Waals surface area contributed by atoms with Crippen molar-refractivity contribution < 1.29 is 0 Å². The highest BCUT2D eigenvalue weighted by molar-refractivity contribution is 5.67. The van der Waals surface area contributed by atoms with Crippen LogP contribution in [0.25, 0.3) is 0 Å². The van der Waals surface area contributed by atoms with Crippen LogP contribution >= 0.6 is 0 Å². The van der Waals surface area contributed by atoms with Gasteiger partial charge in [-0.1, -0.05) is 18.2 Å². The van der Waals surface area contributed by atoms with Crippen LogP contribution in [0.15, 0.2) is 42.7 Å². The zero-order valence-electron chi connectivity index (χ0n) is 8.94. The van der Waals surface area contributed by atoms with E-state index in [-0.39, 0.29) is 0 Å². The molecule has 1 aromatic carbocycles. The monoisotopic (exact) mass is 209 g/mol. The van der Waals surface area contributed by atoms with Crippen LogP contribution in [0.3, 0.4) is 0 Å². The van der Waals surface area contributed by atoms with Gasteiger partial charge < -0.3 is 5.32 Å². The quantitative estimate of drug-likeness (QED) is 0.827. The first-order valence-corrected chi connectivity index (χ1v) is 4.98. The predicted octanol–water partition coefficient (Wildman–Crippen LogP) is 3.01. The molecule has 0 unspecified atom stereocenters. The van der Waals surface area contributed by atoms with Crippen LogP contribution in [-0.2, 0) is 0 Å². The summed E-state index contributed by atoms with van der Waals surface area (Å²) in [5.74, 6) is 0. The summed E-state index contributed by atoms with van der Waals surface area (Å²) in [5, 5.41) is 12.2. The van der Waals surface area contributed by atoms with E-state index in [4.69, 9.17) is 5.26 Å². The van der Waals surface area contributed by atoms with E-state index in [0.29, 0.717) is 5.56 Å². The second-order valence-electron chi connectivity index (χ2n) is 3.47. The number of aromatic nitrogens is 1. The van der Waals surface area contributed by atoms with Gasteiger partial charge in [0, 0.05) is 11.9 Å². The number of anilines is 2. The lowest BCUT2D eigenvalue weighted by Gasteiger charge is -2.09. The molecular weight excluding hydrogens is 198 g/mol. The van der Waals surface area contributed by atoms with Gasteiger partial charge in [0.1, 0.15) is 6.07 Å². The third-order valence-corrected chi connectivity index (χ3v) is 2.36. The van der Waals surface area contributed by atoms with Gasteiger partial charge in [0.15, 0.2) is 0 Å². The Morgan fingerprint density at radius 3 is 2.75 bits per heavy atom. The maximum absolute atomic E-state index is 8.95. The lowest BCUT2D eigenvalue weighted by Crippen LogP contribution is -1.96. The topological polar surface area (TPSA) is 48.7 Å². The van der Waals surface area contributed by atoms with E-state index >= 15 is 0 Å². The summed E-state index contributed by atoms with van der Waals surface area (Å²) in [7, 11) is 0. The van der Waals surface area contributed by atoms with Crippen LogP contribution in [0.1, 0.15) is 11.1 Å². The molecule has 0 spiro atoms. The van der Waals surface area contributed by atoms with Crippen LogP contribution in [0, 0.1) is 18.3 Å². The Morgan fingerprint density at radius 1 is 1.19 bits per heavy atom. The second-order valence-corrected chi connectivity index (χ2v) is 3.47. The predicted molar refractivity (Wildman–Crippen MR) is 63.4 cm³/mol. The molecule has 2 rings (SSSR count). The second kappa shape index (κ2) is 4.45. The van der Waals surface area contributed by atoms with Gasteiger partial charge in [-0.2, -0.15) is 5.26 Å². The number of nitrogens with zero attached hydrogens (tertiary/aromatic N) is 2. The Bertz CT molecular complexity index is 541. The molecule has 0 atom stereocenters. The molecule has 2 aromatic rings. The average Bonchev–Trinajstić information content (AvgIpc) is 2.33. The molecule has 1 N–H and O–H groups in total. The van der Waals surface area contributed by atoms with Crippen LogP contribution < -0.4 is 5.32 Å². The van der Waals surface area contributed by atoms with Crippen LogP contribution in [0.4, 0.5) is 11.4 Å². The summed E-state index contributed by atoms with van der Waals surface area (Å²) in [6.07, 6.45) is 3.27. The number of hydrogen-bond acceptors (Lipinski definition) is 3. The number of nitrogens with one attached hydrogen (secondary N) is 1. The first-order chi connectivity index (χ1) is 7.81. The van der Waals surface area contributed by atoms with Crippen molar-refractivity contribution in [3.8, 4) is 6.07 Å². The fraction of sp³-hybridized carbons (Fsp3) is 0.0769. The van der Waals surface area contributed by atoms with Crippen molar-refractivity contribution in [1.29, 1.82) is 5.26 Å². The molecule has 3 heteroatoms. The highest BCUT2D eigenvalue weighted by atomic mass is 14.9. The molecule has 0 aliphatic heterocycles. The number of rotatable bonds is 2. The molecule has 0 amide bonds. The van der Waals surface area contributed by atoms with Gasteiger partial charge in [0.25, 0.3) is 0 Å². The number of nitriles is 1. The molecule has 0 aliphatic carbocycles. The van der Waals surface area contributed by atoms with E-state index in [2.05, 4.69) is 16.4 Å². The van der Waals surface area contributed by atoms with Crippen molar-refractivity contribution in [2.24, 2.45) is 0 Å². The molecule has 3 nitrogen and oxygen atoms in total. The number of aryl methyl sites for hydroxylation is 1. The molecule has 16 heavy (non-hydrogen) atoms. The summed E-state index contributed by atoms with van der Waals surface area (Å²) < 4.78 is 0. The fourth-order valence-corrected chi connectivity index (χ4v) is 1.45. The first-order valence-electron chi connectivity index (χ1n) is 4.98. The summed E-state index contributed by atoms with van der Waals surface area (Å²) in [6.45, 7) is 2.02. The maximum atomic E-state index is 8.95. The van der Waals surface area contributed by atoms with Crippen molar-refractivity contribution in [2.45, 2.75) is 6.92 Å². The van der Waals surface area contributed by atoms with Crippen molar-refractivity contribution in [1.82, 2.24) is 4.98 Å². The molecule has 0 aliphatic rings. The smallest absolute Gasteiger partial charge is 0.101 e. The van der Waals surface area contributed by atoms with E-state index in [0.717, 1.165) is 16.9 Å². The Morgan fingerprint density at radius 2 is 2.00 bits per heavy atom. The minimum absolute atomic E-state index is 0.596. The van der Waals surface area contributed by atoms with Crippen LogP contribution in [0.5, 0.6) is 0 Å². The van der Waals surface area contributed by atoms with Crippen molar-refractivity contribution in [2.75, 3.05) is 5.32 Å². The summed E-state index contributed by atoms with van der Waals surface area (Å²) in [6, 6.07) is 11.8. The molecule has 0 radical (unpaired) electrons. The Balaban J connectivity index is 2.35. The highest BCUT2D eigenvalue weighted by Crippen LogP contribution is 2.21. The van der Waals surface area contributed by atoms with Crippen LogP contribution in [-0.4, -0.2) is 4.98 Å². The minimum Gasteiger partial charge on any atom is -0.353 e. The normalized spacial score (nSPS) is 9.50. The van der Waals surface area contributed by atoms with E-state index < -0.39 is 0 Å². The molecule has 0 bridgehead atoms. The zero-order valence-corrected chi connectivity index (χ0v) is 8.94. The Hall–Kier alpha value is -2.34. The first kappa shape index (κ1) is 10.2. The molecule has 78 valence electrons. The van der Waals surface area contributed by atoms with Gasteiger partial charge in [0.05, 0.1) is 17.4 Å². The Kier molecular flexibility index (Phi) is 2.84. The van der Waals surface area contributed by atoms with Gasteiger partial charge in [-0.05, 0) is 24.6 Å². The van der Waals surface area contributed by atoms with Crippen molar-refractivity contribution in [3.63, 3.8) is 0 Å². The molecule has 0 saturated carbocycles. The standard InChI is InChI=1S/C13H11N3/c1-10-4-2-3-5-12(10)16-13-9-15-7-6-11(13)8-14/h2-7,9,16H,1H3. The third-order valence-electron chi connectivity index (χ3n) is 2.36. The van der Waals surface area contributed by atoms with Gasteiger partial charge in [0.2, 0.25) is 0 Å². The number of para-hydroxylation sites is 1. The average molecular weight is 209 g/mol. The van der Waals surface area contributed by atoms with E-state index in [1.807, 2.05) is 31.2 Å². The minimum atomic E-state index is 0.596. The fourth-order valence-electron chi connectivity index (χ4n) is 1.45. The number of benzene rings is 1. The largest absolute Gasteiger partial charge is 0.353 e. The maximum Gasteiger partial charge on any atom is 0.101 e. The third kappa shape index (κ3) is 2.01. The lowest BCUT2D eigenvalue weighted by atomic mass is 10.2. The summed E-state index contributed by atoms with van der Waals surface area (Å²) >= 11 is 0. The summed E-state index contributed by atoms with van der Waals surface area (Å²) in [4.78, 5) is 4.01. The zero-order chi connectivity index (χ0) is 11.4. The van der Waals surface area contributed by atoms with Crippen molar-refractivity contribution >= 4 is 11.4 Å². The number of pyridine rings is 1. The van der Waals surface area contributed by atoms with Gasteiger partial charge in [-0.15, -0.1) is 0 Å². The van der Waals surface area contributed by atoms with Crippen molar-refractivity contribution in [3.05, 3.63) is 53.9 Å².